The number of ether oxygens (including phenoxy) is 1. The van der Waals surface area contributed by atoms with Crippen molar-refractivity contribution in [3.63, 3.8) is 0 Å². The van der Waals surface area contributed by atoms with Gasteiger partial charge in [0.25, 0.3) is 5.91 Å². The SMILES string of the molecule is COCCCNC(=O)CN1C(=O)/C(=C\c2ccc(C(F)(F)F)cc2)Sc2ccccc21. The highest BCUT2D eigenvalue weighted by Gasteiger charge is 2.31. The molecule has 1 heterocycles. The molecule has 0 fully saturated rings. The molecule has 9 heteroatoms. The number of amides is 2. The molecule has 0 bridgehead atoms. The first-order valence-corrected chi connectivity index (χ1v) is 10.3. The van der Waals surface area contributed by atoms with Crippen molar-refractivity contribution in [1.29, 1.82) is 0 Å². The van der Waals surface area contributed by atoms with E-state index in [1.807, 2.05) is 12.1 Å². The summed E-state index contributed by atoms with van der Waals surface area (Å²) in [5.41, 5.74) is 0.329. The first-order valence-electron chi connectivity index (χ1n) is 9.53. The van der Waals surface area contributed by atoms with Crippen molar-refractivity contribution in [2.75, 3.05) is 31.7 Å². The topological polar surface area (TPSA) is 58.6 Å². The molecule has 1 aliphatic rings. The van der Waals surface area contributed by atoms with Gasteiger partial charge in [0.2, 0.25) is 5.91 Å². The van der Waals surface area contributed by atoms with E-state index in [0.29, 0.717) is 35.7 Å². The Bertz CT molecular complexity index is 975. The summed E-state index contributed by atoms with van der Waals surface area (Å²) in [6.45, 7) is 0.787. The Kier molecular flexibility index (Phi) is 7.40. The zero-order valence-electron chi connectivity index (χ0n) is 16.7. The third-order valence-corrected chi connectivity index (χ3v) is 5.59. The second-order valence-corrected chi connectivity index (χ2v) is 7.87. The Labute approximate surface area is 182 Å². The Balaban J connectivity index is 1.81. The Morgan fingerprint density at radius 3 is 2.55 bits per heavy atom. The molecule has 2 aromatic rings. The fourth-order valence-corrected chi connectivity index (χ4v) is 4.04. The largest absolute Gasteiger partial charge is 0.416 e. The number of hydrogen-bond donors (Lipinski definition) is 1. The van der Waals surface area contributed by atoms with Gasteiger partial charge in [-0.3, -0.25) is 14.5 Å². The summed E-state index contributed by atoms with van der Waals surface area (Å²) in [5.74, 6) is -0.685. The van der Waals surface area contributed by atoms with Crippen molar-refractivity contribution in [2.45, 2.75) is 17.5 Å². The van der Waals surface area contributed by atoms with Crippen molar-refractivity contribution in [3.8, 4) is 0 Å². The summed E-state index contributed by atoms with van der Waals surface area (Å²) in [6, 6.07) is 11.8. The average molecular weight is 450 g/mol. The van der Waals surface area contributed by atoms with Gasteiger partial charge in [-0.1, -0.05) is 36.0 Å². The lowest BCUT2D eigenvalue weighted by Crippen LogP contribution is -2.43. The molecule has 0 aromatic heterocycles. The number of hydrogen-bond acceptors (Lipinski definition) is 4. The molecule has 0 spiro atoms. The molecule has 5 nitrogen and oxygen atoms in total. The number of carbonyl (C=O) groups is 2. The first-order chi connectivity index (χ1) is 14.8. The van der Waals surface area contributed by atoms with E-state index in [9.17, 15) is 22.8 Å². The number of para-hydroxylation sites is 1. The summed E-state index contributed by atoms with van der Waals surface area (Å²) in [5, 5.41) is 2.76. The minimum Gasteiger partial charge on any atom is -0.385 e. The van der Waals surface area contributed by atoms with Gasteiger partial charge in [-0.05, 0) is 42.3 Å². The van der Waals surface area contributed by atoms with E-state index in [1.165, 1.54) is 34.9 Å². The molecule has 1 N–H and O–H groups in total. The third-order valence-electron chi connectivity index (χ3n) is 4.52. The maximum Gasteiger partial charge on any atom is 0.416 e. The second-order valence-electron chi connectivity index (χ2n) is 6.79. The molecule has 2 aromatic carbocycles. The van der Waals surface area contributed by atoms with Gasteiger partial charge in [0.1, 0.15) is 6.54 Å². The van der Waals surface area contributed by atoms with Crippen LogP contribution in [0.25, 0.3) is 6.08 Å². The minimum absolute atomic E-state index is 0.159. The molecule has 0 unspecified atom stereocenters. The zero-order chi connectivity index (χ0) is 22.4. The lowest BCUT2D eigenvalue weighted by molar-refractivity contribution is -0.137. The summed E-state index contributed by atoms with van der Waals surface area (Å²) in [4.78, 5) is 27.9. The number of carbonyl (C=O) groups excluding carboxylic acids is 2. The molecule has 164 valence electrons. The van der Waals surface area contributed by atoms with Crippen LogP contribution in [0.3, 0.4) is 0 Å². The molecule has 0 radical (unpaired) electrons. The minimum atomic E-state index is -4.42. The molecule has 0 aliphatic carbocycles. The number of halogens is 3. The van der Waals surface area contributed by atoms with Crippen LogP contribution in [0.2, 0.25) is 0 Å². The molecular weight excluding hydrogens is 429 g/mol. The molecule has 0 saturated carbocycles. The number of anilines is 1. The van der Waals surface area contributed by atoms with Gasteiger partial charge >= 0.3 is 6.18 Å². The van der Waals surface area contributed by atoms with E-state index < -0.39 is 11.7 Å². The van der Waals surface area contributed by atoms with Crippen molar-refractivity contribution < 1.29 is 27.5 Å². The van der Waals surface area contributed by atoms with Gasteiger partial charge in [0.05, 0.1) is 16.2 Å². The summed E-state index contributed by atoms with van der Waals surface area (Å²) in [6.07, 6.45) is -2.23. The van der Waals surface area contributed by atoms with Gasteiger partial charge in [0.15, 0.2) is 0 Å². The van der Waals surface area contributed by atoms with E-state index in [4.69, 9.17) is 4.74 Å². The smallest absolute Gasteiger partial charge is 0.385 e. The molecule has 1 aliphatic heterocycles. The predicted molar refractivity (Wildman–Crippen MR) is 114 cm³/mol. The second kappa shape index (κ2) is 10.0. The third kappa shape index (κ3) is 5.89. The van der Waals surface area contributed by atoms with Gasteiger partial charge < -0.3 is 10.1 Å². The quantitative estimate of drug-likeness (QED) is 0.504. The van der Waals surface area contributed by atoms with E-state index in [0.717, 1.165) is 17.0 Å². The maximum atomic E-state index is 13.1. The number of benzene rings is 2. The number of nitrogens with one attached hydrogen (secondary N) is 1. The highest BCUT2D eigenvalue weighted by atomic mass is 32.2. The Hall–Kier alpha value is -2.78. The highest BCUT2D eigenvalue weighted by Crippen LogP contribution is 2.42. The van der Waals surface area contributed by atoms with Crippen molar-refractivity contribution >= 4 is 35.3 Å². The van der Waals surface area contributed by atoms with Gasteiger partial charge in [-0.15, -0.1) is 0 Å². The predicted octanol–water partition coefficient (Wildman–Crippen LogP) is 4.34. The lowest BCUT2D eigenvalue weighted by Gasteiger charge is -2.29. The summed E-state index contributed by atoms with van der Waals surface area (Å²) in [7, 11) is 1.58. The number of fused-ring (bicyclic) bond motifs is 1. The first kappa shape index (κ1) is 22.9. The van der Waals surface area contributed by atoms with Gasteiger partial charge in [0, 0.05) is 25.2 Å². The van der Waals surface area contributed by atoms with Crippen molar-refractivity contribution in [2.24, 2.45) is 0 Å². The van der Waals surface area contributed by atoms with Gasteiger partial charge in [-0.25, -0.2) is 0 Å². The van der Waals surface area contributed by atoms with Crippen molar-refractivity contribution in [1.82, 2.24) is 5.32 Å². The summed E-state index contributed by atoms with van der Waals surface area (Å²) >= 11 is 1.22. The molecule has 2 amide bonds. The molecule has 31 heavy (non-hydrogen) atoms. The number of nitrogens with zero attached hydrogens (tertiary/aromatic N) is 1. The molecule has 0 atom stereocenters. The summed E-state index contributed by atoms with van der Waals surface area (Å²) < 4.78 is 43.3. The normalized spacial score (nSPS) is 15.2. The number of rotatable bonds is 7. The van der Waals surface area contributed by atoms with Crippen LogP contribution in [-0.2, 0) is 20.5 Å². The number of thioether (sulfide) groups is 1. The van der Waals surface area contributed by atoms with E-state index in [2.05, 4.69) is 5.32 Å². The Morgan fingerprint density at radius 1 is 1.16 bits per heavy atom. The van der Waals surface area contributed by atoms with Crippen LogP contribution in [-0.4, -0.2) is 38.6 Å². The molecular formula is C22H21F3N2O3S. The van der Waals surface area contributed by atoms with Crippen LogP contribution < -0.4 is 10.2 Å². The van der Waals surface area contributed by atoms with Gasteiger partial charge in [-0.2, -0.15) is 13.2 Å². The molecule has 3 rings (SSSR count). The number of methoxy groups -OCH3 is 1. The molecule has 0 saturated heterocycles. The monoisotopic (exact) mass is 450 g/mol. The van der Waals surface area contributed by atoms with Crippen LogP contribution in [0.1, 0.15) is 17.5 Å². The van der Waals surface area contributed by atoms with Crippen LogP contribution >= 0.6 is 11.8 Å². The Morgan fingerprint density at radius 2 is 1.87 bits per heavy atom. The fourth-order valence-electron chi connectivity index (χ4n) is 2.98. The van der Waals surface area contributed by atoms with Crippen LogP contribution in [0, 0.1) is 0 Å². The average Bonchev–Trinajstić information content (AvgIpc) is 2.74. The van der Waals surface area contributed by atoms with Crippen LogP contribution in [0.4, 0.5) is 18.9 Å². The number of alkyl halides is 3. The van der Waals surface area contributed by atoms with Crippen LogP contribution in [0.15, 0.2) is 58.3 Å². The highest BCUT2D eigenvalue weighted by molar-refractivity contribution is 8.04. The fraction of sp³-hybridized carbons (Fsp3) is 0.273. The van der Waals surface area contributed by atoms with Crippen LogP contribution in [0.5, 0.6) is 0 Å². The van der Waals surface area contributed by atoms with E-state index >= 15 is 0 Å². The van der Waals surface area contributed by atoms with E-state index in [-0.39, 0.29) is 18.4 Å². The standard InChI is InChI=1S/C22H21F3N2O3S/c1-30-12-4-11-26-20(28)14-27-17-5-2-3-6-18(17)31-19(21(27)29)13-15-7-9-16(10-8-15)22(23,24)25/h2-3,5-10,13H,4,11-12,14H2,1H3,(H,26,28)/b19-13+. The zero-order valence-corrected chi connectivity index (χ0v) is 17.6. The van der Waals surface area contributed by atoms with E-state index in [1.54, 1.807) is 19.2 Å². The lowest BCUT2D eigenvalue weighted by atomic mass is 10.1. The van der Waals surface area contributed by atoms with Crippen molar-refractivity contribution in [3.05, 3.63) is 64.6 Å². The maximum absolute atomic E-state index is 13.1.